The van der Waals surface area contributed by atoms with E-state index < -0.39 is 6.04 Å². The molecule has 2 N–H and O–H groups in total. The third-order valence-corrected chi connectivity index (χ3v) is 2.67. The number of benzene rings is 1. The first-order valence-electron chi connectivity index (χ1n) is 6.08. The Morgan fingerprint density at radius 3 is 2.61 bits per heavy atom. The van der Waals surface area contributed by atoms with Crippen molar-refractivity contribution in [2.75, 3.05) is 13.7 Å². The molecule has 0 aliphatic heterocycles. The fourth-order valence-electron chi connectivity index (χ4n) is 1.70. The molecule has 0 saturated heterocycles. The number of carbonyl (C=O) groups is 1. The van der Waals surface area contributed by atoms with E-state index >= 15 is 0 Å². The molecular weight excluding hydrogens is 230 g/mol. The summed E-state index contributed by atoms with van der Waals surface area (Å²) in [5.41, 5.74) is 6.82. The van der Waals surface area contributed by atoms with E-state index in [9.17, 15) is 4.79 Å². The van der Waals surface area contributed by atoms with E-state index in [1.54, 1.807) is 0 Å². The Kier molecular flexibility index (Phi) is 6.39. The molecule has 2 atom stereocenters. The summed E-state index contributed by atoms with van der Waals surface area (Å²) in [6.07, 6.45) is 0.571. The van der Waals surface area contributed by atoms with Crippen LogP contribution in [0.15, 0.2) is 30.3 Å². The molecule has 4 nitrogen and oxygen atoms in total. The molecule has 100 valence electrons. The molecule has 0 spiro atoms. The molecule has 0 aliphatic rings. The van der Waals surface area contributed by atoms with Gasteiger partial charge in [-0.1, -0.05) is 37.3 Å². The Morgan fingerprint density at radius 1 is 1.33 bits per heavy atom. The van der Waals surface area contributed by atoms with Crippen LogP contribution in [-0.4, -0.2) is 25.7 Å². The van der Waals surface area contributed by atoms with Gasteiger partial charge in [-0.05, 0) is 17.9 Å². The van der Waals surface area contributed by atoms with E-state index in [0.29, 0.717) is 19.6 Å². The molecule has 0 saturated carbocycles. The van der Waals surface area contributed by atoms with Crippen LogP contribution in [0.5, 0.6) is 0 Å². The fourth-order valence-corrected chi connectivity index (χ4v) is 1.70. The van der Waals surface area contributed by atoms with Crippen molar-refractivity contribution in [2.45, 2.75) is 26.0 Å². The van der Waals surface area contributed by atoms with Gasteiger partial charge in [0.05, 0.1) is 13.7 Å². The third-order valence-electron chi connectivity index (χ3n) is 2.67. The molecular formula is C14H21NO3. The summed E-state index contributed by atoms with van der Waals surface area (Å²) in [5.74, 6) is -0.146. The summed E-state index contributed by atoms with van der Waals surface area (Å²) in [6.45, 7) is 3.17. The first kappa shape index (κ1) is 14.7. The lowest BCUT2D eigenvalue weighted by molar-refractivity contribution is -0.142. The van der Waals surface area contributed by atoms with Crippen LogP contribution in [0.25, 0.3) is 0 Å². The molecule has 4 heteroatoms. The maximum Gasteiger partial charge on any atom is 0.322 e. The van der Waals surface area contributed by atoms with Crippen LogP contribution < -0.4 is 5.73 Å². The van der Waals surface area contributed by atoms with Gasteiger partial charge in [0.2, 0.25) is 0 Å². The molecule has 1 aromatic carbocycles. The van der Waals surface area contributed by atoms with E-state index in [2.05, 4.69) is 4.74 Å². The molecule has 0 heterocycles. The maximum atomic E-state index is 11.2. The van der Waals surface area contributed by atoms with Gasteiger partial charge in [-0.25, -0.2) is 0 Å². The van der Waals surface area contributed by atoms with Crippen LogP contribution in [-0.2, 0) is 20.9 Å². The molecule has 0 aliphatic carbocycles. The number of methoxy groups -OCH3 is 1. The van der Waals surface area contributed by atoms with E-state index in [0.717, 1.165) is 5.56 Å². The second-order valence-corrected chi connectivity index (χ2v) is 4.47. The largest absolute Gasteiger partial charge is 0.468 e. The van der Waals surface area contributed by atoms with Gasteiger partial charge in [0.25, 0.3) is 0 Å². The van der Waals surface area contributed by atoms with Gasteiger partial charge in [0.15, 0.2) is 0 Å². The Morgan fingerprint density at radius 2 is 2.00 bits per heavy atom. The van der Waals surface area contributed by atoms with Crippen LogP contribution in [0.1, 0.15) is 18.9 Å². The quantitative estimate of drug-likeness (QED) is 0.750. The van der Waals surface area contributed by atoms with Crippen molar-refractivity contribution in [2.24, 2.45) is 11.7 Å². The molecule has 1 aromatic rings. The van der Waals surface area contributed by atoms with Gasteiger partial charge < -0.3 is 15.2 Å². The van der Waals surface area contributed by atoms with Crippen LogP contribution in [0.4, 0.5) is 0 Å². The Balaban J connectivity index is 2.21. The van der Waals surface area contributed by atoms with Gasteiger partial charge in [-0.3, -0.25) is 4.79 Å². The first-order valence-corrected chi connectivity index (χ1v) is 6.08. The molecule has 0 aromatic heterocycles. The second-order valence-electron chi connectivity index (χ2n) is 4.47. The van der Waals surface area contributed by atoms with Crippen LogP contribution >= 0.6 is 0 Å². The average molecular weight is 251 g/mol. The Labute approximate surface area is 108 Å². The summed E-state index contributed by atoms with van der Waals surface area (Å²) in [4.78, 5) is 11.2. The summed E-state index contributed by atoms with van der Waals surface area (Å²) >= 11 is 0. The topological polar surface area (TPSA) is 61.5 Å². The average Bonchev–Trinajstić information content (AvgIpc) is 2.38. The van der Waals surface area contributed by atoms with Crippen molar-refractivity contribution < 1.29 is 14.3 Å². The smallest absolute Gasteiger partial charge is 0.322 e. The number of hydrogen-bond donors (Lipinski definition) is 1. The molecule has 1 rings (SSSR count). The predicted molar refractivity (Wildman–Crippen MR) is 69.9 cm³/mol. The van der Waals surface area contributed by atoms with Gasteiger partial charge in [-0.2, -0.15) is 0 Å². The number of carbonyl (C=O) groups excluding carboxylic acids is 1. The SMILES string of the molecule is COC(=O)C(N)CC(C)COCc1ccccc1. The Hall–Kier alpha value is -1.39. The first-order chi connectivity index (χ1) is 8.63. The minimum absolute atomic E-state index is 0.225. The van der Waals surface area contributed by atoms with Crippen molar-refractivity contribution in [3.63, 3.8) is 0 Å². The summed E-state index contributed by atoms with van der Waals surface area (Å²) in [7, 11) is 1.35. The lowest BCUT2D eigenvalue weighted by Gasteiger charge is -2.15. The standard InChI is InChI=1S/C14H21NO3/c1-11(8-13(15)14(16)17-2)9-18-10-12-6-4-3-5-7-12/h3-7,11,13H,8-10,15H2,1-2H3. The van der Waals surface area contributed by atoms with E-state index in [1.165, 1.54) is 7.11 Å². The van der Waals surface area contributed by atoms with E-state index in [1.807, 2.05) is 37.3 Å². The van der Waals surface area contributed by atoms with Gasteiger partial charge in [0, 0.05) is 6.61 Å². The fraction of sp³-hybridized carbons (Fsp3) is 0.500. The highest BCUT2D eigenvalue weighted by molar-refractivity contribution is 5.75. The zero-order chi connectivity index (χ0) is 13.4. The van der Waals surface area contributed by atoms with Crippen molar-refractivity contribution in [3.8, 4) is 0 Å². The summed E-state index contributed by atoms with van der Waals surface area (Å²) in [5, 5.41) is 0. The van der Waals surface area contributed by atoms with Crippen molar-refractivity contribution in [1.29, 1.82) is 0 Å². The lowest BCUT2D eigenvalue weighted by Crippen LogP contribution is -2.34. The summed E-state index contributed by atoms with van der Waals surface area (Å²) in [6, 6.07) is 9.41. The highest BCUT2D eigenvalue weighted by atomic mass is 16.5. The monoisotopic (exact) mass is 251 g/mol. The predicted octanol–water partition coefficient (Wildman–Crippen LogP) is 1.73. The molecule has 0 bridgehead atoms. The van der Waals surface area contributed by atoms with Crippen LogP contribution in [0.3, 0.4) is 0 Å². The highest BCUT2D eigenvalue weighted by Gasteiger charge is 2.17. The second kappa shape index (κ2) is 7.84. The summed E-state index contributed by atoms with van der Waals surface area (Å²) < 4.78 is 10.2. The third kappa shape index (κ3) is 5.29. The van der Waals surface area contributed by atoms with Gasteiger partial charge in [0.1, 0.15) is 6.04 Å². The minimum Gasteiger partial charge on any atom is -0.468 e. The number of esters is 1. The number of ether oxygens (including phenoxy) is 2. The highest BCUT2D eigenvalue weighted by Crippen LogP contribution is 2.08. The maximum absolute atomic E-state index is 11.2. The normalized spacial score (nSPS) is 13.9. The van der Waals surface area contributed by atoms with Crippen molar-refractivity contribution in [1.82, 2.24) is 0 Å². The van der Waals surface area contributed by atoms with Crippen molar-refractivity contribution in [3.05, 3.63) is 35.9 Å². The molecule has 0 radical (unpaired) electrons. The van der Waals surface area contributed by atoms with Crippen LogP contribution in [0.2, 0.25) is 0 Å². The van der Waals surface area contributed by atoms with E-state index in [-0.39, 0.29) is 11.9 Å². The van der Waals surface area contributed by atoms with Gasteiger partial charge >= 0.3 is 5.97 Å². The van der Waals surface area contributed by atoms with Crippen molar-refractivity contribution >= 4 is 5.97 Å². The zero-order valence-electron chi connectivity index (χ0n) is 11.0. The lowest BCUT2D eigenvalue weighted by atomic mass is 10.0. The number of hydrogen-bond acceptors (Lipinski definition) is 4. The number of rotatable bonds is 7. The minimum atomic E-state index is -0.565. The molecule has 18 heavy (non-hydrogen) atoms. The molecule has 2 unspecified atom stereocenters. The zero-order valence-corrected chi connectivity index (χ0v) is 11.0. The number of nitrogens with two attached hydrogens (primary N) is 1. The van der Waals surface area contributed by atoms with E-state index in [4.69, 9.17) is 10.5 Å². The van der Waals surface area contributed by atoms with Gasteiger partial charge in [-0.15, -0.1) is 0 Å². The Bertz CT molecular complexity index is 353. The van der Waals surface area contributed by atoms with Crippen LogP contribution in [0, 0.1) is 5.92 Å². The molecule has 0 fully saturated rings. The molecule has 0 amide bonds.